The molecule has 426 valence electrons. The fourth-order valence-corrected chi connectivity index (χ4v) is 9.68. The number of ether oxygens (including phenoxy) is 6. The second-order valence-corrected chi connectivity index (χ2v) is 22.0. The molecular weight excluding hydrogens is 1080 g/mol. The van der Waals surface area contributed by atoms with Crippen molar-refractivity contribution in [2.24, 2.45) is 11.8 Å². The number of rotatable bonds is 20. The minimum absolute atomic E-state index is 0.268. The third-order valence-electron chi connectivity index (χ3n) is 12.2. The van der Waals surface area contributed by atoms with Crippen LogP contribution < -0.4 is 16.0 Å². The molecule has 8 rings (SSSR count). The van der Waals surface area contributed by atoms with Gasteiger partial charge >= 0.3 is 23.5 Å². The lowest BCUT2D eigenvalue weighted by atomic mass is 9.91. The topological polar surface area (TPSA) is 450 Å². The lowest BCUT2D eigenvalue weighted by molar-refractivity contribution is -0.192. The zero-order valence-electron chi connectivity index (χ0n) is 41.1. The Morgan fingerprint density at radius 3 is 1.76 bits per heavy atom. The van der Waals surface area contributed by atoms with E-state index in [1.54, 1.807) is 19.9 Å². The molecule has 2 aromatic rings. The summed E-state index contributed by atoms with van der Waals surface area (Å²) >= 11 is 0. The van der Waals surface area contributed by atoms with Crippen LogP contribution in [0, 0.1) is 11.8 Å². The van der Waals surface area contributed by atoms with Crippen molar-refractivity contribution < 1.29 is 115 Å². The summed E-state index contributed by atoms with van der Waals surface area (Å²) in [7, 11) is -14.1. The highest BCUT2D eigenvalue weighted by Gasteiger charge is 2.57. The molecule has 4 saturated heterocycles. The van der Waals surface area contributed by atoms with E-state index < -0.39 is 122 Å². The van der Waals surface area contributed by atoms with Crippen molar-refractivity contribution in [1.82, 2.24) is 30.2 Å². The Labute approximate surface area is 433 Å². The minimum atomic E-state index is -4.74. The largest absolute Gasteiger partial charge is 0.469 e. The molecule has 2 amide bonds. The number of phosphoric acid groups is 3. The Morgan fingerprint density at radius 2 is 1.20 bits per heavy atom. The number of hydrogen-bond acceptors (Lipinski definition) is 22. The van der Waals surface area contributed by atoms with Crippen LogP contribution in [0.1, 0.15) is 46.3 Å². The molecule has 0 bridgehead atoms. The predicted octanol–water partition coefficient (Wildman–Crippen LogP) is -1.23. The lowest BCUT2D eigenvalue weighted by Crippen LogP contribution is -2.40. The highest BCUT2D eigenvalue weighted by molar-refractivity contribution is 7.46. The van der Waals surface area contributed by atoms with Crippen molar-refractivity contribution in [2.45, 2.75) is 119 Å². The van der Waals surface area contributed by atoms with E-state index in [-0.39, 0.29) is 24.3 Å². The molecular formula is C42H64N7O24P3. The highest BCUT2D eigenvalue weighted by Crippen LogP contribution is 2.45. The van der Waals surface area contributed by atoms with Gasteiger partial charge in [-0.15, -0.1) is 0 Å². The quantitative estimate of drug-likeness (QED) is 0.0545. The van der Waals surface area contributed by atoms with Gasteiger partial charge in [0.1, 0.15) is 61.3 Å². The number of aliphatic hydroxyl groups is 4. The molecule has 0 spiro atoms. The summed E-state index contributed by atoms with van der Waals surface area (Å²) in [5.41, 5.74) is 1.59. The average Bonchev–Trinajstić information content (AvgIpc) is 4.12. The standard InChI is InChI=1S/C17H28N5O8P.C14H20NO8P.C11H16NO8P/c1-2-3-6-28-7-4-5-18-15-12-16(20-9-19-15)22(10-21-12)17-14(24)13(23)11(30-17)8-29-31(25,26)27;1-7-8(4-5-10(16)15-7)11-13-12(22-14(2,3)23-13)9(21-11)6-20-24(17,18)19;1-5-6(2-3-8(13)12-5)11-10(15)9(14)7(20-11)4-19-21(16,17)18/h9-11,13-14,17,23-24H,2-8H2,1H3,(H,18,19,20)(H2,25,26,27);4-5,8-9,11-13H,1,6H2,2-3H3,(H,15,16)(H2,17,18,19);2-3,6-7,9-11,14-15H,1,4H2,(H,12,13)(H2,16,17,18)/t11-,13-,14-,17-;8?,9-,11+,12-,13?;6?,7-,9-,10?,11+/m111/s1. The maximum atomic E-state index is 11.4. The molecule has 13 N–H and O–H groups in total. The van der Waals surface area contributed by atoms with Crippen LogP contribution in [0.25, 0.3) is 11.2 Å². The first-order valence-corrected chi connectivity index (χ1v) is 28.1. The maximum Gasteiger partial charge on any atom is 0.469 e. The minimum Gasteiger partial charge on any atom is -0.388 e. The third kappa shape index (κ3) is 16.6. The van der Waals surface area contributed by atoms with Crippen molar-refractivity contribution in [1.29, 1.82) is 0 Å². The van der Waals surface area contributed by atoms with Crippen LogP contribution in [0.15, 0.2) is 61.5 Å². The molecule has 0 saturated carbocycles. The second kappa shape index (κ2) is 26.0. The Bertz CT molecular complexity index is 2570. The summed E-state index contributed by atoms with van der Waals surface area (Å²) in [5.74, 6) is -1.88. The van der Waals surface area contributed by atoms with Gasteiger partial charge in [-0.1, -0.05) is 38.7 Å². The van der Waals surface area contributed by atoms with Crippen LogP contribution in [-0.4, -0.2) is 194 Å². The van der Waals surface area contributed by atoms with E-state index in [0.29, 0.717) is 41.5 Å². The summed E-state index contributed by atoms with van der Waals surface area (Å²) in [6.07, 6.45) is -0.525. The maximum absolute atomic E-state index is 11.4. The molecule has 76 heavy (non-hydrogen) atoms. The van der Waals surface area contributed by atoms with Crippen LogP contribution in [0.4, 0.5) is 5.82 Å². The van der Waals surface area contributed by atoms with Gasteiger partial charge in [0, 0.05) is 55.1 Å². The molecule has 8 heterocycles. The van der Waals surface area contributed by atoms with Crippen molar-refractivity contribution in [3.05, 3.63) is 61.5 Å². The van der Waals surface area contributed by atoms with Gasteiger partial charge < -0.3 is 94.2 Å². The van der Waals surface area contributed by atoms with Crippen LogP contribution in [-0.2, 0) is 65.3 Å². The number of carbonyl (C=O) groups is 2. The number of amides is 2. The molecule has 6 aliphatic heterocycles. The van der Waals surface area contributed by atoms with Crippen LogP contribution in [0.5, 0.6) is 0 Å². The SMILES string of the molecule is C=C1NC(=O)C=CC1[C@@H]1O[C@H](COP(=O)(O)O)[C@@H](O)C1O.C=C1NC(=O)C=CC1[C@@H]1O[C@H](COP(=O)(O)O)[C@H]2OC(C)(C)OC12.CCCCOCCCNc1ncnc2c1ncn2[C@@H]1O[C@H](COP(=O)(O)O)[C@@H](O)[C@H]1O. The summed E-state index contributed by atoms with van der Waals surface area (Å²) in [6, 6.07) is 0. The molecule has 6 aliphatic rings. The lowest BCUT2D eigenvalue weighted by Gasteiger charge is -2.30. The van der Waals surface area contributed by atoms with Crippen molar-refractivity contribution in [3.8, 4) is 0 Å². The molecule has 31 nitrogen and oxygen atoms in total. The van der Waals surface area contributed by atoms with E-state index in [1.165, 1.54) is 35.4 Å². The molecule has 4 fully saturated rings. The number of phosphoric ester groups is 3. The average molecular weight is 1140 g/mol. The molecule has 34 heteroatoms. The molecule has 4 unspecified atom stereocenters. The Morgan fingerprint density at radius 1 is 0.684 bits per heavy atom. The van der Waals surface area contributed by atoms with Gasteiger partial charge in [0.25, 0.3) is 0 Å². The fraction of sp³-hybridized carbons (Fsp3) is 0.643. The van der Waals surface area contributed by atoms with E-state index in [2.05, 4.69) is 64.6 Å². The van der Waals surface area contributed by atoms with Gasteiger partial charge in [0.15, 0.2) is 29.0 Å². The number of unbranched alkanes of at least 4 members (excludes halogenated alkanes) is 1. The van der Waals surface area contributed by atoms with Crippen LogP contribution in [0.3, 0.4) is 0 Å². The van der Waals surface area contributed by atoms with Crippen molar-refractivity contribution in [3.63, 3.8) is 0 Å². The van der Waals surface area contributed by atoms with E-state index in [1.807, 2.05) is 0 Å². The highest BCUT2D eigenvalue weighted by atomic mass is 31.2. The van der Waals surface area contributed by atoms with E-state index in [4.69, 9.17) is 57.8 Å². The Hall–Kier alpha value is -3.82. The van der Waals surface area contributed by atoms with Gasteiger partial charge in [0.2, 0.25) is 11.8 Å². The van der Waals surface area contributed by atoms with Gasteiger partial charge in [0.05, 0.1) is 38.4 Å². The second-order valence-electron chi connectivity index (χ2n) is 18.3. The Balaban J connectivity index is 0.000000189. The summed E-state index contributed by atoms with van der Waals surface area (Å²) in [6.45, 7) is 13.6. The predicted molar refractivity (Wildman–Crippen MR) is 257 cm³/mol. The number of nitrogens with zero attached hydrogens (tertiary/aromatic N) is 4. The number of fused-ring (bicyclic) bond motifs is 2. The summed E-state index contributed by atoms with van der Waals surface area (Å²) < 4.78 is 81.2. The summed E-state index contributed by atoms with van der Waals surface area (Å²) in [5, 5.41) is 48.6. The smallest absolute Gasteiger partial charge is 0.388 e. The number of hydrogen-bond donors (Lipinski definition) is 13. The fourth-order valence-electron chi connectivity index (χ4n) is 8.65. The first-order chi connectivity index (χ1) is 35.6. The van der Waals surface area contributed by atoms with Crippen LogP contribution >= 0.6 is 23.5 Å². The molecule has 2 aromatic heterocycles. The zero-order chi connectivity index (χ0) is 55.9. The first kappa shape index (κ1) is 61.4. The monoisotopic (exact) mass is 1140 g/mol. The van der Waals surface area contributed by atoms with E-state index in [9.17, 15) is 43.7 Å². The number of aliphatic hydroxyl groups excluding tert-OH is 4. The number of anilines is 1. The molecule has 0 radical (unpaired) electrons. The molecule has 0 aromatic carbocycles. The third-order valence-corrected chi connectivity index (χ3v) is 13.6. The van der Waals surface area contributed by atoms with Gasteiger partial charge in [-0.2, -0.15) is 0 Å². The first-order valence-electron chi connectivity index (χ1n) is 23.6. The van der Waals surface area contributed by atoms with Gasteiger partial charge in [-0.05, 0) is 26.7 Å². The Kier molecular flexibility index (Phi) is 21.0. The zero-order valence-corrected chi connectivity index (χ0v) is 43.8. The van der Waals surface area contributed by atoms with Crippen molar-refractivity contribution in [2.75, 3.05) is 44.9 Å². The van der Waals surface area contributed by atoms with Gasteiger partial charge in [-0.3, -0.25) is 27.7 Å². The summed E-state index contributed by atoms with van der Waals surface area (Å²) in [4.78, 5) is 87.9. The number of nitrogens with one attached hydrogen (secondary N) is 3. The number of imidazole rings is 1. The van der Waals surface area contributed by atoms with Gasteiger partial charge in [-0.25, -0.2) is 28.6 Å². The number of aromatic nitrogens is 4. The molecule has 14 atom stereocenters. The van der Waals surface area contributed by atoms with E-state index >= 15 is 0 Å². The molecule has 0 aliphatic carbocycles. The van der Waals surface area contributed by atoms with E-state index in [0.717, 1.165) is 25.9 Å². The normalized spacial score (nSPS) is 32.1. The van der Waals surface area contributed by atoms with Crippen LogP contribution in [0.2, 0.25) is 0 Å². The van der Waals surface area contributed by atoms with Crippen molar-refractivity contribution >= 4 is 52.3 Å². The number of carbonyl (C=O) groups excluding carboxylic acids is 2.